The lowest BCUT2D eigenvalue weighted by molar-refractivity contribution is -0.112. The van der Waals surface area contributed by atoms with Crippen LogP contribution in [0, 0.1) is 32.1 Å². The summed E-state index contributed by atoms with van der Waals surface area (Å²) in [5.74, 6) is -0.413. The lowest BCUT2D eigenvalue weighted by atomic mass is 10.1. The second-order valence-corrected chi connectivity index (χ2v) is 5.98. The summed E-state index contributed by atoms with van der Waals surface area (Å²) in [6.45, 7) is 8.00. The molecule has 0 atom stereocenters. The number of rotatable bonds is 5. The normalized spacial score (nSPS) is 10.9. The van der Waals surface area contributed by atoms with Gasteiger partial charge in [-0.3, -0.25) is 4.79 Å². The highest BCUT2D eigenvalue weighted by Gasteiger charge is 2.13. The molecule has 0 spiro atoms. The second kappa shape index (κ2) is 8.16. The Bertz CT molecular complexity index is 860. The average molecular weight is 333 g/mol. The molecule has 2 aromatic rings. The lowest BCUT2D eigenvalue weighted by Gasteiger charge is -2.13. The van der Waals surface area contributed by atoms with Crippen LogP contribution in [0.25, 0.3) is 0 Å². The Hall–Kier alpha value is -3.06. The van der Waals surface area contributed by atoms with Crippen molar-refractivity contribution >= 4 is 17.3 Å². The fourth-order valence-electron chi connectivity index (χ4n) is 2.59. The summed E-state index contributed by atoms with van der Waals surface area (Å²) >= 11 is 0. The van der Waals surface area contributed by atoms with Gasteiger partial charge >= 0.3 is 0 Å². The maximum atomic E-state index is 12.5. The van der Waals surface area contributed by atoms with Crippen LogP contribution >= 0.6 is 0 Å². The first kappa shape index (κ1) is 18.3. The van der Waals surface area contributed by atoms with Gasteiger partial charge in [-0.2, -0.15) is 5.26 Å². The predicted molar refractivity (Wildman–Crippen MR) is 102 cm³/mol. The number of benzene rings is 2. The summed E-state index contributed by atoms with van der Waals surface area (Å²) < 4.78 is 0. The Morgan fingerprint density at radius 3 is 2.48 bits per heavy atom. The first-order valence-electron chi connectivity index (χ1n) is 8.30. The summed E-state index contributed by atoms with van der Waals surface area (Å²) in [4.78, 5) is 12.5. The van der Waals surface area contributed by atoms with E-state index >= 15 is 0 Å². The summed E-state index contributed by atoms with van der Waals surface area (Å²) in [5.41, 5.74) is 5.96. The van der Waals surface area contributed by atoms with E-state index in [-0.39, 0.29) is 5.57 Å². The molecule has 25 heavy (non-hydrogen) atoms. The maximum absolute atomic E-state index is 12.5. The predicted octanol–water partition coefficient (Wildman–Crippen LogP) is 4.63. The van der Waals surface area contributed by atoms with Crippen molar-refractivity contribution in [1.29, 1.82) is 5.26 Å². The van der Waals surface area contributed by atoms with E-state index in [4.69, 9.17) is 0 Å². The van der Waals surface area contributed by atoms with Gasteiger partial charge in [0.25, 0.3) is 5.91 Å². The van der Waals surface area contributed by atoms with Crippen molar-refractivity contribution in [2.45, 2.75) is 34.1 Å². The molecule has 2 N–H and O–H groups in total. The van der Waals surface area contributed by atoms with E-state index in [0.717, 1.165) is 40.0 Å². The Morgan fingerprint density at radius 1 is 1.12 bits per heavy atom. The fraction of sp³-hybridized carbons (Fsp3) is 0.238. The number of para-hydroxylation sites is 1. The average Bonchev–Trinajstić information content (AvgIpc) is 2.60. The molecule has 1 amide bonds. The number of carbonyl (C=O) groups is 1. The van der Waals surface area contributed by atoms with Crippen molar-refractivity contribution in [2.75, 3.05) is 10.6 Å². The van der Waals surface area contributed by atoms with Crippen LogP contribution in [0.3, 0.4) is 0 Å². The number of aryl methyl sites for hydroxylation is 3. The van der Waals surface area contributed by atoms with Crippen molar-refractivity contribution < 1.29 is 4.79 Å². The van der Waals surface area contributed by atoms with Gasteiger partial charge in [0.2, 0.25) is 0 Å². The third kappa shape index (κ3) is 4.27. The van der Waals surface area contributed by atoms with Crippen molar-refractivity contribution in [3.63, 3.8) is 0 Å². The van der Waals surface area contributed by atoms with E-state index in [0.29, 0.717) is 0 Å². The van der Waals surface area contributed by atoms with Crippen LogP contribution in [0.5, 0.6) is 0 Å². The molecule has 2 rings (SSSR count). The number of nitriles is 1. The van der Waals surface area contributed by atoms with Crippen LogP contribution in [-0.4, -0.2) is 5.91 Å². The molecule has 0 aliphatic heterocycles. The van der Waals surface area contributed by atoms with Gasteiger partial charge in [0, 0.05) is 17.6 Å². The Kier molecular flexibility index (Phi) is 5.97. The van der Waals surface area contributed by atoms with Crippen LogP contribution in [-0.2, 0) is 11.2 Å². The zero-order valence-electron chi connectivity index (χ0n) is 15.1. The summed E-state index contributed by atoms with van der Waals surface area (Å²) in [5, 5.41) is 15.3. The van der Waals surface area contributed by atoms with E-state index in [9.17, 15) is 10.1 Å². The highest BCUT2D eigenvalue weighted by Crippen LogP contribution is 2.22. The lowest BCUT2D eigenvalue weighted by Crippen LogP contribution is -2.16. The van der Waals surface area contributed by atoms with Gasteiger partial charge < -0.3 is 10.6 Å². The second-order valence-electron chi connectivity index (χ2n) is 5.98. The number of nitrogens with zero attached hydrogens (tertiary/aromatic N) is 1. The molecule has 4 heteroatoms. The zero-order valence-corrected chi connectivity index (χ0v) is 15.1. The van der Waals surface area contributed by atoms with Gasteiger partial charge in [0.05, 0.1) is 0 Å². The quantitative estimate of drug-likeness (QED) is 0.619. The third-order valence-electron chi connectivity index (χ3n) is 4.32. The summed E-state index contributed by atoms with van der Waals surface area (Å²) in [6, 6.07) is 13.7. The molecular weight excluding hydrogens is 310 g/mol. The van der Waals surface area contributed by atoms with E-state index in [1.807, 2.05) is 70.2 Å². The largest absolute Gasteiger partial charge is 0.360 e. The molecule has 128 valence electrons. The fourth-order valence-corrected chi connectivity index (χ4v) is 2.59. The number of carbonyl (C=O) groups excluding carboxylic acids is 1. The number of nitrogens with one attached hydrogen (secondary N) is 2. The first-order valence-corrected chi connectivity index (χ1v) is 8.30. The van der Waals surface area contributed by atoms with Crippen molar-refractivity contribution in [3.8, 4) is 6.07 Å². The molecule has 0 saturated heterocycles. The molecule has 0 unspecified atom stereocenters. The number of anilines is 2. The van der Waals surface area contributed by atoms with Crippen molar-refractivity contribution in [3.05, 3.63) is 70.4 Å². The summed E-state index contributed by atoms with van der Waals surface area (Å²) in [7, 11) is 0. The first-order chi connectivity index (χ1) is 12.0. The number of hydrogen-bond acceptors (Lipinski definition) is 3. The molecular formula is C21H23N3O. The minimum atomic E-state index is -0.413. The van der Waals surface area contributed by atoms with Gasteiger partial charge in [-0.05, 0) is 55.5 Å². The minimum Gasteiger partial charge on any atom is -0.360 e. The molecule has 0 fully saturated rings. The van der Waals surface area contributed by atoms with Gasteiger partial charge in [-0.15, -0.1) is 0 Å². The molecule has 0 saturated carbocycles. The van der Waals surface area contributed by atoms with Crippen LogP contribution < -0.4 is 10.6 Å². The topological polar surface area (TPSA) is 64.9 Å². The monoisotopic (exact) mass is 333 g/mol. The highest BCUT2D eigenvalue weighted by molar-refractivity contribution is 6.07. The molecule has 0 aliphatic carbocycles. The Labute approximate surface area is 149 Å². The van der Waals surface area contributed by atoms with Crippen molar-refractivity contribution in [1.82, 2.24) is 0 Å². The molecule has 0 radical (unpaired) electrons. The van der Waals surface area contributed by atoms with Gasteiger partial charge in [-0.25, -0.2) is 0 Å². The number of amides is 1. The van der Waals surface area contributed by atoms with E-state index in [1.54, 1.807) is 0 Å². The van der Waals surface area contributed by atoms with Crippen LogP contribution in [0.4, 0.5) is 11.4 Å². The van der Waals surface area contributed by atoms with Gasteiger partial charge in [0.1, 0.15) is 11.6 Å². The minimum absolute atomic E-state index is 0.0335. The smallest absolute Gasteiger partial charge is 0.267 e. The van der Waals surface area contributed by atoms with E-state index in [1.165, 1.54) is 6.20 Å². The third-order valence-corrected chi connectivity index (χ3v) is 4.32. The highest BCUT2D eigenvalue weighted by atomic mass is 16.1. The van der Waals surface area contributed by atoms with Crippen LogP contribution in [0.2, 0.25) is 0 Å². The standard InChI is InChI=1S/C21H23N3O/c1-5-17-10-6-9-15(3)20(17)24-21(25)18(12-22)13-23-19-11-7-8-14(2)16(19)4/h6-11,13,23H,5H2,1-4H3,(H,24,25)/b18-13-. The van der Waals surface area contributed by atoms with Crippen LogP contribution in [0.15, 0.2) is 48.2 Å². The summed E-state index contributed by atoms with van der Waals surface area (Å²) in [6.07, 6.45) is 2.27. The molecule has 0 aliphatic rings. The van der Waals surface area contributed by atoms with Gasteiger partial charge in [0.15, 0.2) is 0 Å². The molecule has 2 aromatic carbocycles. The molecule has 4 nitrogen and oxygen atoms in total. The Balaban J connectivity index is 2.22. The molecule has 0 heterocycles. The zero-order chi connectivity index (χ0) is 18.4. The molecule has 0 bridgehead atoms. The van der Waals surface area contributed by atoms with E-state index < -0.39 is 5.91 Å². The van der Waals surface area contributed by atoms with Crippen molar-refractivity contribution in [2.24, 2.45) is 0 Å². The van der Waals surface area contributed by atoms with E-state index in [2.05, 4.69) is 10.6 Å². The Morgan fingerprint density at radius 2 is 1.80 bits per heavy atom. The molecule has 0 aromatic heterocycles. The van der Waals surface area contributed by atoms with Crippen LogP contribution in [0.1, 0.15) is 29.2 Å². The van der Waals surface area contributed by atoms with Gasteiger partial charge in [-0.1, -0.05) is 37.3 Å². The number of hydrogen-bond donors (Lipinski definition) is 2. The SMILES string of the molecule is CCc1cccc(C)c1NC(=O)/C(C#N)=C\Nc1cccc(C)c1C. The maximum Gasteiger partial charge on any atom is 0.267 e.